The van der Waals surface area contributed by atoms with Crippen molar-refractivity contribution in [2.75, 3.05) is 0 Å². The second-order valence-corrected chi connectivity index (χ2v) is 9.98. The van der Waals surface area contributed by atoms with Gasteiger partial charge in [-0.3, -0.25) is 0 Å². The third-order valence-electron chi connectivity index (χ3n) is 4.84. The van der Waals surface area contributed by atoms with Gasteiger partial charge in [0.1, 0.15) is 34.8 Å². The number of hydrogen-bond acceptors (Lipinski definition) is 3. The van der Waals surface area contributed by atoms with Gasteiger partial charge in [-0.2, -0.15) is 0 Å². The van der Waals surface area contributed by atoms with E-state index in [0.717, 1.165) is 0 Å². The van der Waals surface area contributed by atoms with Crippen molar-refractivity contribution in [1.29, 1.82) is 0 Å². The van der Waals surface area contributed by atoms with Gasteiger partial charge in [-0.25, -0.2) is 5.10 Å². The van der Waals surface area contributed by atoms with Gasteiger partial charge in [0.25, 0.3) is 0 Å². The summed E-state index contributed by atoms with van der Waals surface area (Å²) in [7, 11) is -1.91. The molecular weight excluding hydrogens is 423 g/mol. The highest BCUT2D eigenvalue weighted by Crippen LogP contribution is 2.53. The maximum atomic E-state index is 3.31. The smallest absolute Gasteiger partial charge is 0.144 e. The molecule has 1 aromatic heterocycles. The lowest BCUT2D eigenvalue weighted by Crippen LogP contribution is -3.00. The molecule has 0 unspecified atom stereocenters. The minimum absolute atomic E-state index is 0. The van der Waals surface area contributed by atoms with Crippen LogP contribution in [-0.2, 0) is 0 Å². The van der Waals surface area contributed by atoms with Crippen LogP contribution in [0.5, 0.6) is 0 Å². The molecule has 0 spiro atoms. The topological polar surface area (TPSA) is 54.5 Å². The normalized spacial score (nSPS) is 10.3. The molecule has 0 saturated heterocycles. The van der Waals surface area contributed by atoms with Gasteiger partial charge in [-0.05, 0) is 59.0 Å². The van der Waals surface area contributed by atoms with E-state index in [4.69, 9.17) is 0 Å². The number of nitrogens with one attached hydrogen (secondary N) is 1. The first-order chi connectivity index (χ1) is 14.9. The summed E-state index contributed by atoms with van der Waals surface area (Å²) in [6.07, 6.45) is 1.40. The van der Waals surface area contributed by atoms with Crippen molar-refractivity contribution in [1.82, 2.24) is 20.6 Å². The molecule has 0 radical (unpaired) electrons. The van der Waals surface area contributed by atoms with Crippen LogP contribution in [0, 0.1) is 0 Å². The molecule has 4 nitrogen and oxygen atoms in total. The van der Waals surface area contributed by atoms with Gasteiger partial charge in [0.15, 0.2) is 0 Å². The molecule has 5 aromatic rings. The van der Waals surface area contributed by atoms with Gasteiger partial charge in [0.05, 0.1) is 0 Å². The van der Waals surface area contributed by atoms with Crippen LogP contribution in [0.1, 0.15) is 0 Å². The molecule has 154 valence electrons. The van der Waals surface area contributed by atoms with E-state index in [9.17, 15) is 0 Å². The summed E-state index contributed by atoms with van der Waals surface area (Å²) < 4.78 is 0. The first-order valence-corrected chi connectivity index (χ1v) is 11.5. The molecule has 5 rings (SSSR count). The number of H-pyrrole nitrogens is 1. The number of hydrogen-bond donors (Lipinski definition) is 1. The first kappa shape index (κ1) is 22.4. The van der Waals surface area contributed by atoms with Gasteiger partial charge < -0.3 is 12.4 Å². The van der Waals surface area contributed by atoms with Crippen molar-refractivity contribution in [3.8, 4) is 0 Å². The molecule has 1 N–H and O–H groups in total. The molecule has 6 heteroatoms. The third-order valence-corrected chi connectivity index (χ3v) is 9.13. The van der Waals surface area contributed by atoms with E-state index in [1.165, 1.54) is 27.5 Å². The highest BCUT2D eigenvalue weighted by Gasteiger charge is 2.47. The zero-order valence-electron chi connectivity index (χ0n) is 16.8. The quantitative estimate of drug-likeness (QED) is 0.411. The molecule has 0 atom stereocenters. The van der Waals surface area contributed by atoms with Crippen LogP contribution in [0.2, 0.25) is 0 Å². The molecule has 1 heterocycles. The van der Waals surface area contributed by atoms with Crippen molar-refractivity contribution in [2.24, 2.45) is 0 Å². The zero-order chi connectivity index (χ0) is 20.5. The van der Waals surface area contributed by atoms with E-state index in [2.05, 4.69) is 142 Å². The maximum Gasteiger partial charge on any atom is 0.144 e. The van der Waals surface area contributed by atoms with Crippen LogP contribution in [0.25, 0.3) is 0 Å². The summed E-state index contributed by atoms with van der Waals surface area (Å²) in [6.45, 7) is 0. The minimum atomic E-state index is -1.91. The number of aromatic nitrogens is 4. The lowest BCUT2D eigenvalue weighted by atomic mass is 10.3. The molecule has 31 heavy (non-hydrogen) atoms. The molecule has 0 aliphatic heterocycles. The largest absolute Gasteiger partial charge is 1.00 e. The Labute approximate surface area is 189 Å². The Morgan fingerprint density at radius 1 is 0.484 bits per heavy atom. The van der Waals surface area contributed by atoms with E-state index in [1.54, 1.807) is 0 Å². The summed E-state index contributed by atoms with van der Waals surface area (Å²) in [4.78, 5) is 0. The Hall–Kier alpha value is -3.33. The maximum absolute atomic E-state index is 3.31. The average Bonchev–Trinajstić information content (AvgIpc) is 3.43. The van der Waals surface area contributed by atoms with E-state index in [-0.39, 0.29) is 12.4 Å². The van der Waals surface area contributed by atoms with E-state index in [0.29, 0.717) is 0 Å². The Bertz CT molecular complexity index is 943. The summed E-state index contributed by atoms with van der Waals surface area (Å²) in [5.41, 5.74) is 0. The number of benzene rings is 4. The molecule has 4 aromatic carbocycles. The number of nitrogens with zero attached hydrogens (tertiary/aromatic N) is 3. The monoisotopic (exact) mass is 444 g/mol. The van der Waals surface area contributed by atoms with Crippen LogP contribution in [0.4, 0.5) is 0 Å². The fourth-order valence-corrected chi connectivity index (χ4v) is 7.90. The zero-order valence-corrected chi connectivity index (χ0v) is 18.4. The molecule has 0 amide bonds. The molecule has 0 saturated carbocycles. The van der Waals surface area contributed by atoms with Gasteiger partial charge >= 0.3 is 0 Å². The number of halogens is 1. The van der Waals surface area contributed by atoms with Crippen LogP contribution in [-0.4, -0.2) is 20.6 Å². The van der Waals surface area contributed by atoms with Gasteiger partial charge in [-0.1, -0.05) is 72.8 Å². The van der Waals surface area contributed by atoms with Crippen molar-refractivity contribution >= 4 is 28.5 Å². The van der Waals surface area contributed by atoms with Crippen molar-refractivity contribution in [2.45, 2.75) is 0 Å². The van der Waals surface area contributed by atoms with Gasteiger partial charge in [0, 0.05) is 0 Å². The Morgan fingerprint density at radius 2 is 0.806 bits per heavy atom. The Kier molecular flexibility index (Phi) is 8.05. The van der Waals surface area contributed by atoms with Crippen LogP contribution in [0.15, 0.2) is 128 Å². The van der Waals surface area contributed by atoms with E-state index in [1.807, 2.05) is 0 Å². The second kappa shape index (κ2) is 11.2. The van der Waals surface area contributed by atoms with E-state index >= 15 is 0 Å². The van der Waals surface area contributed by atoms with Crippen LogP contribution in [0.3, 0.4) is 0 Å². The van der Waals surface area contributed by atoms with Gasteiger partial charge in [0.2, 0.25) is 0 Å². The molecule has 0 aliphatic rings. The number of aromatic amines is 1. The minimum Gasteiger partial charge on any atom is -1.00 e. The predicted molar refractivity (Wildman–Crippen MR) is 125 cm³/mol. The SMILES string of the molecule is [Cl-].c1ccc([P+](c2ccccc2)(c2ccccc2)c2ccccc2)cc1.c1nnn[nH]1. The standard InChI is InChI=1S/C24H20P.CH2N4.ClH/c1-5-13-21(14-6-1)25(22-15-7-2-8-16-22,23-17-9-3-10-18-23)24-19-11-4-12-20-24;1-2-4-5-3-1;/h1-20H;1H,(H,2,3,4,5);1H/q+1;;/p-1. The highest BCUT2D eigenvalue weighted by molar-refractivity contribution is 8.01. The summed E-state index contributed by atoms with van der Waals surface area (Å²) in [5, 5.41) is 17.6. The third kappa shape index (κ3) is 4.88. The Morgan fingerprint density at radius 3 is 1.00 bits per heavy atom. The molecule has 0 bridgehead atoms. The molecule has 0 fully saturated rings. The van der Waals surface area contributed by atoms with Crippen LogP contribution >= 0.6 is 7.26 Å². The molecule has 0 aliphatic carbocycles. The van der Waals surface area contributed by atoms with Crippen LogP contribution < -0.4 is 33.6 Å². The summed E-state index contributed by atoms with van der Waals surface area (Å²) in [6, 6.07) is 43.8. The average molecular weight is 445 g/mol. The summed E-state index contributed by atoms with van der Waals surface area (Å²) in [5.74, 6) is 0. The van der Waals surface area contributed by atoms with Crippen molar-refractivity contribution in [3.63, 3.8) is 0 Å². The summed E-state index contributed by atoms with van der Waals surface area (Å²) >= 11 is 0. The molecular formula is C25H22ClN4P. The highest BCUT2D eigenvalue weighted by atomic mass is 35.5. The van der Waals surface area contributed by atoms with Crippen molar-refractivity contribution < 1.29 is 12.4 Å². The van der Waals surface area contributed by atoms with Crippen molar-refractivity contribution in [3.05, 3.63) is 128 Å². The van der Waals surface area contributed by atoms with E-state index < -0.39 is 7.26 Å². The number of rotatable bonds is 4. The fourth-order valence-electron chi connectivity index (χ4n) is 3.63. The first-order valence-electron chi connectivity index (χ1n) is 9.71. The lowest BCUT2D eigenvalue weighted by Gasteiger charge is -2.27. The predicted octanol–water partition coefficient (Wildman–Crippen LogP) is 0.510. The Balaban J connectivity index is 0.000000401. The van der Waals surface area contributed by atoms with Gasteiger partial charge in [-0.15, -0.1) is 5.10 Å². The fraction of sp³-hybridized carbons (Fsp3) is 0. The number of tetrazole rings is 1. The lowest BCUT2D eigenvalue weighted by molar-refractivity contribution is -0.00000597. The second-order valence-electron chi connectivity index (χ2n) is 6.58.